The molecular formula is C11H20N2O4. The molecule has 17 heavy (non-hydrogen) atoms. The van der Waals surface area contributed by atoms with Crippen LogP contribution in [0.5, 0.6) is 0 Å². The van der Waals surface area contributed by atoms with Crippen molar-refractivity contribution in [2.24, 2.45) is 11.8 Å². The van der Waals surface area contributed by atoms with E-state index in [1.165, 1.54) is 0 Å². The van der Waals surface area contributed by atoms with Crippen molar-refractivity contribution in [2.45, 2.75) is 26.4 Å². The summed E-state index contributed by atoms with van der Waals surface area (Å²) >= 11 is 0. The molecule has 0 aliphatic carbocycles. The van der Waals surface area contributed by atoms with Gasteiger partial charge in [0.05, 0.1) is 6.54 Å². The van der Waals surface area contributed by atoms with E-state index in [1.54, 1.807) is 4.90 Å². The van der Waals surface area contributed by atoms with Crippen LogP contribution in [0.3, 0.4) is 0 Å². The fourth-order valence-corrected chi connectivity index (χ4v) is 1.90. The van der Waals surface area contributed by atoms with Crippen molar-refractivity contribution < 1.29 is 19.8 Å². The molecule has 1 heterocycles. The highest BCUT2D eigenvalue weighted by atomic mass is 16.4. The molecule has 2 unspecified atom stereocenters. The zero-order valence-electron chi connectivity index (χ0n) is 10.2. The number of aliphatic carboxylic acids is 1. The summed E-state index contributed by atoms with van der Waals surface area (Å²) in [6, 6.07) is -0.298. The smallest absolute Gasteiger partial charge is 0.334 e. The molecule has 2 amide bonds. The molecule has 3 N–H and O–H groups in total. The predicted molar refractivity (Wildman–Crippen MR) is 61.6 cm³/mol. The molecule has 1 aliphatic heterocycles. The lowest BCUT2D eigenvalue weighted by atomic mass is 9.95. The Kier molecular flexibility index (Phi) is 4.74. The molecule has 1 aliphatic rings. The Bertz CT molecular complexity index is 293. The number of hydrogen-bond acceptors (Lipinski definition) is 3. The predicted octanol–water partition coefficient (Wildman–Crippen LogP) is 0.119. The fraction of sp³-hybridized carbons (Fsp3) is 0.818. The van der Waals surface area contributed by atoms with E-state index in [2.05, 4.69) is 19.2 Å². The molecule has 0 saturated carbocycles. The molecule has 2 atom stereocenters. The van der Waals surface area contributed by atoms with Gasteiger partial charge in [-0.25, -0.2) is 9.59 Å². The molecule has 6 nitrogen and oxygen atoms in total. The largest absolute Gasteiger partial charge is 0.479 e. The molecule has 0 bridgehead atoms. The Hall–Kier alpha value is -1.30. The summed E-state index contributed by atoms with van der Waals surface area (Å²) in [5, 5.41) is 19.9. The summed E-state index contributed by atoms with van der Waals surface area (Å²) in [6.45, 7) is 5.39. The highest BCUT2D eigenvalue weighted by Gasteiger charge is 2.28. The van der Waals surface area contributed by atoms with Crippen molar-refractivity contribution in [3.8, 4) is 0 Å². The lowest BCUT2D eigenvalue weighted by Gasteiger charge is -2.19. The molecule has 98 valence electrons. The molecule has 0 radical (unpaired) electrons. The Balaban J connectivity index is 2.32. The molecule has 1 saturated heterocycles. The van der Waals surface area contributed by atoms with Gasteiger partial charge in [0.15, 0.2) is 6.10 Å². The Morgan fingerprint density at radius 2 is 2.12 bits per heavy atom. The van der Waals surface area contributed by atoms with Gasteiger partial charge in [-0.15, -0.1) is 0 Å². The van der Waals surface area contributed by atoms with Crippen LogP contribution in [0.2, 0.25) is 0 Å². The van der Waals surface area contributed by atoms with E-state index >= 15 is 0 Å². The van der Waals surface area contributed by atoms with Crippen molar-refractivity contribution >= 4 is 12.0 Å². The van der Waals surface area contributed by atoms with Crippen LogP contribution in [-0.2, 0) is 4.79 Å². The second kappa shape index (κ2) is 5.86. The molecule has 6 heteroatoms. The van der Waals surface area contributed by atoms with Gasteiger partial charge < -0.3 is 20.4 Å². The van der Waals surface area contributed by atoms with Crippen LogP contribution < -0.4 is 5.32 Å². The number of carbonyl (C=O) groups excluding carboxylic acids is 1. The number of aliphatic hydroxyl groups excluding tert-OH is 1. The number of hydrogen-bond donors (Lipinski definition) is 3. The number of rotatable bonds is 4. The highest BCUT2D eigenvalue weighted by Crippen LogP contribution is 2.23. The minimum atomic E-state index is -1.54. The number of nitrogens with zero attached hydrogens (tertiary/aromatic N) is 1. The lowest BCUT2D eigenvalue weighted by Crippen LogP contribution is -2.43. The van der Waals surface area contributed by atoms with Crippen LogP contribution in [0.4, 0.5) is 4.79 Å². The summed E-state index contributed by atoms with van der Waals surface area (Å²) in [7, 11) is 0. The summed E-state index contributed by atoms with van der Waals surface area (Å²) in [5.74, 6) is -0.283. The molecule has 1 fully saturated rings. The van der Waals surface area contributed by atoms with Crippen LogP contribution >= 0.6 is 0 Å². The maximum absolute atomic E-state index is 11.7. The Labute approximate surface area is 101 Å². The summed E-state index contributed by atoms with van der Waals surface area (Å²) in [6.07, 6.45) is -0.561. The first-order valence-electron chi connectivity index (χ1n) is 5.85. The van der Waals surface area contributed by atoms with Crippen molar-refractivity contribution in [3.05, 3.63) is 0 Å². The minimum Gasteiger partial charge on any atom is -0.479 e. The number of urea groups is 1. The van der Waals surface area contributed by atoms with Crippen molar-refractivity contribution in [2.75, 3.05) is 19.6 Å². The van der Waals surface area contributed by atoms with E-state index in [0.717, 1.165) is 6.42 Å². The van der Waals surface area contributed by atoms with Crippen molar-refractivity contribution in [1.82, 2.24) is 10.2 Å². The molecule has 0 aromatic heterocycles. The van der Waals surface area contributed by atoms with Gasteiger partial charge in [-0.1, -0.05) is 13.8 Å². The zero-order valence-corrected chi connectivity index (χ0v) is 10.2. The van der Waals surface area contributed by atoms with Gasteiger partial charge >= 0.3 is 12.0 Å². The van der Waals surface area contributed by atoms with E-state index in [4.69, 9.17) is 10.2 Å². The third-order valence-electron chi connectivity index (χ3n) is 3.19. The lowest BCUT2D eigenvalue weighted by molar-refractivity contribution is -0.146. The third kappa shape index (κ3) is 3.89. The van der Waals surface area contributed by atoms with E-state index in [1.807, 2.05) is 0 Å². The topological polar surface area (TPSA) is 89.9 Å². The summed E-state index contributed by atoms with van der Waals surface area (Å²) in [4.78, 5) is 23.7. The molecule has 0 spiro atoms. The summed E-state index contributed by atoms with van der Waals surface area (Å²) in [5.41, 5.74) is 0. The first kappa shape index (κ1) is 13.8. The SMILES string of the molecule is CC(C)C1CCN(C(=O)NCC(O)C(=O)O)C1. The van der Waals surface area contributed by atoms with Crippen LogP contribution in [0, 0.1) is 11.8 Å². The fourth-order valence-electron chi connectivity index (χ4n) is 1.90. The first-order chi connectivity index (χ1) is 7.91. The number of amides is 2. The molecule has 0 aromatic rings. The van der Waals surface area contributed by atoms with E-state index in [9.17, 15) is 9.59 Å². The number of nitrogens with one attached hydrogen (secondary N) is 1. The highest BCUT2D eigenvalue weighted by molar-refractivity contribution is 5.77. The second-order valence-electron chi connectivity index (χ2n) is 4.78. The van der Waals surface area contributed by atoms with Crippen LogP contribution in [0.15, 0.2) is 0 Å². The van der Waals surface area contributed by atoms with Gasteiger partial charge in [-0.3, -0.25) is 0 Å². The quantitative estimate of drug-likeness (QED) is 0.655. The van der Waals surface area contributed by atoms with Crippen LogP contribution in [-0.4, -0.2) is 52.9 Å². The van der Waals surface area contributed by atoms with Crippen LogP contribution in [0.1, 0.15) is 20.3 Å². The van der Waals surface area contributed by atoms with E-state index in [-0.39, 0.29) is 12.6 Å². The van der Waals surface area contributed by atoms with Gasteiger partial charge in [0, 0.05) is 13.1 Å². The van der Waals surface area contributed by atoms with Crippen LogP contribution in [0.25, 0.3) is 0 Å². The Morgan fingerprint density at radius 3 is 2.59 bits per heavy atom. The van der Waals surface area contributed by atoms with Gasteiger partial charge in [-0.2, -0.15) is 0 Å². The monoisotopic (exact) mass is 244 g/mol. The average molecular weight is 244 g/mol. The average Bonchev–Trinajstić information content (AvgIpc) is 2.74. The maximum atomic E-state index is 11.7. The number of carboxylic acids is 1. The Morgan fingerprint density at radius 1 is 1.47 bits per heavy atom. The van der Waals surface area contributed by atoms with Crippen molar-refractivity contribution in [3.63, 3.8) is 0 Å². The van der Waals surface area contributed by atoms with Gasteiger partial charge in [0.1, 0.15) is 0 Å². The molecule has 1 rings (SSSR count). The number of likely N-dealkylation sites (tertiary alicyclic amines) is 1. The van der Waals surface area contributed by atoms with Gasteiger partial charge in [0.2, 0.25) is 0 Å². The number of carbonyl (C=O) groups is 2. The molecule has 0 aromatic carbocycles. The van der Waals surface area contributed by atoms with E-state index < -0.39 is 12.1 Å². The van der Waals surface area contributed by atoms with Crippen molar-refractivity contribution in [1.29, 1.82) is 0 Å². The first-order valence-corrected chi connectivity index (χ1v) is 5.85. The maximum Gasteiger partial charge on any atom is 0.334 e. The molecular weight excluding hydrogens is 224 g/mol. The minimum absolute atomic E-state index is 0.253. The zero-order chi connectivity index (χ0) is 13.0. The third-order valence-corrected chi connectivity index (χ3v) is 3.19. The standard InChI is InChI=1S/C11H20N2O4/c1-7(2)8-3-4-13(6-8)11(17)12-5-9(14)10(15)16/h7-9,14H,3-6H2,1-2H3,(H,12,17)(H,15,16). The normalized spacial score (nSPS) is 21.6. The van der Waals surface area contributed by atoms with Gasteiger partial charge in [-0.05, 0) is 18.3 Å². The summed E-state index contributed by atoms with van der Waals surface area (Å²) < 4.78 is 0. The number of aliphatic hydroxyl groups is 1. The number of carboxylic acid groups (broad SMARTS) is 1. The van der Waals surface area contributed by atoms with E-state index in [0.29, 0.717) is 24.9 Å². The second-order valence-corrected chi connectivity index (χ2v) is 4.78. The van der Waals surface area contributed by atoms with Gasteiger partial charge in [0.25, 0.3) is 0 Å².